The summed E-state index contributed by atoms with van der Waals surface area (Å²) in [5, 5.41) is 0. The maximum atomic E-state index is 11.1. The molecule has 2 rings (SSSR count). The molecular weight excluding hydrogens is 286 g/mol. The number of carbonyl (C=O) groups excluding carboxylic acids is 1. The minimum atomic E-state index is -0.137. The van der Waals surface area contributed by atoms with Crippen LogP contribution in [0.1, 0.15) is 11.3 Å². The van der Waals surface area contributed by atoms with Crippen molar-refractivity contribution in [2.45, 2.75) is 13.0 Å². The quantitative estimate of drug-likeness (QED) is 0.771. The molecule has 1 saturated heterocycles. The average Bonchev–Trinajstić information content (AvgIpc) is 2.83. The van der Waals surface area contributed by atoms with E-state index in [0.717, 1.165) is 39.3 Å². The van der Waals surface area contributed by atoms with Crippen LogP contribution < -0.4 is 0 Å². The Labute approximate surface area is 122 Å². The average molecular weight is 304 g/mol. The first-order valence-electron chi connectivity index (χ1n) is 6.29. The van der Waals surface area contributed by atoms with Gasteiger partial charge in [-0.15, -0.1) is 11.3 Å². The van der Waals surface area contributed by atoms with Gasteiger partial charge in [0.15, 0.2) is 4.47 Å². The van der Waals surface area contributed by atoms with Gasteiger partial charge in [-0.3, -0.25) is 9.69 Å². The van der Waals surface area contributed by atoms with Crippen LogP contribution >= 0.6 is 22.9 Å². The van der Waals surface area contributed by atoms with Crippen molar-refractivity contribution in [2.75, 3.05) is 39.8 Å². The number of carbonyl (C=O) groups is 1. The molecule has 19 heavy (non-hydrogen) atoms. The van der Waals surface area contributed by atoms with Gasteiger partial charge in [0, 0.05) is 50.3 Å². The summed E-state index contributed by atoms with van der Waals surface area (Å²) in [4.78, 5) is 21.0. The zero-order valence-electron chi connectivity index (χ0n) is 11.0. The number of halogens is 1. The van der Waals surface area contributed by atoms with Gasteiger partial charge in [0.1, 0.15) is 0 Å². The number of hydrogen-bond donors (Lipinski definition) is 0. The number of aromatic nitrogens is 1. The number of methoxy groups -OCH3 is 1. The van der Waals surface area contributed by atoms with E-state index in [-0.39, 0.29) is 5.97 Å². The molecule has 106 valence electrons. The molecule has 0 atom stereocenters. The minimum absolute atomic E-state index is 0.137. The topological polar surface area (TPSA) is 45.7 Å². The largest absolute Gasteiger partial charge is 0.469 e. The number of piperazine rings is 1. The van der Waals surface area contributed by atoms with Crippen LogP contribution in [-0.2, 0) is 16.1 Å². The molecule has 1 aliphatic heterocycles. The third kappa shape index (κ3) is 4.72. The predicted molar refractivity (Wildman–Crippen MR) is 75.5 cm³/mol. The Bertz CT molecular complexity index is 419. The van der Waals surface area contributed by atoms with E-state index in [1.807, 2.05) is 6.20 Å². The molecule has 0 bridgehead atoms. The van der Waals surface area contributed by atoms with E-state index < -0.39 is 0 Å². The highest BCUT2D eigenvalue weighted by atomic mass is 35.5. The Morgan fingerprint density at radius 2 is 2.11 bits per heavy atom. The lowest BCUT2D eigenvalue weighted by molar-refractivity contribution is -0.141. The van der Waals surface area contributed by atoms with Gasteiger partial charge >= 0.3 is 5.97 Å². The van der Waals surface area contributed by atoms with Gasteiger partial charge in [0.25, 0.3) is 0 Å². The van der Waals surface area contributed by atoms with Crippen molar-refractivity contribution >= 4 is 28.9 Å². The van der Waals surface area contributed by atoms with Gasteiger partial charge in [-0.05, 0) is 0 Å². The smallest absolute Gasteiger partial charge is 0.306 e. The zero-order chi connectivity index (χ0) is 13.7. The van der Waals surface area contributed by atoms with E-state index in [4.69, 9.17) is 11.6 Å². The van der Waals surface area contributed by atoms with Crippen molar-refractivity contribution in [3.8, 4) is 0 Å². The van der Waals surface area contributed by atoms with E-state index in [0.29, 0.717) is 10.9 Å². The van der Waals surface area contributed by atoms with Crippen LogP contribution in [0, 0.1) is 0 Å². The summed E-state index contributed by atoms with van der Waals surface area (Å²) >= 11 is 7.36. The fraction of sp³-hybridized carbons (Fsp3) is 0.667. The first kappa shape index (κ1) is 14.7. The van der Waals surface area contributed by atoms with Crippen LogP contribution in [0.5, 0.6) is 0 Å². The summed E-state index contributed by atoms with van der Waals surface area (Å²) in [7, 11) is 1.43. The number of hydrogen-bond acceptors (Lipinski definition) is 6. The van der Waals surface area contributed by atoms with Crippen LogP contribution in [-0.4, -0.2) is 60.6 Å². The molecule has 0 radical (unpaired) electrons. The van der Waals surface area contributed by atoms with Crippen molar-refractivity contribution in [1.82, 2.24) is 14.8 Å². The van der Waals surface area contributed by atoms with E-state index in [1.165, 1.54) is 23.3 Å². The van der Waals surface area contributed by atoms with Crippen LogP contribution in [0.4, 0.5) is 0 Å². The fourth-order valence-corrected chi connectivity index (χ4v) is 3.12. The molecule has 0 spiro atoms. The Hall–Kier alpha value is -0.690. The lowest BCUT2D eigenvalue weighted by atomic mass is 10.3. The second kappa shape index (κ2) is 7.19. The van der Waals surface area contributed by atoms with Gasteiger partial charge in [-0.2, -0.15) is 0 Å². The monoisotopic (exact) mass is 303 g/mol. The van der Waals surface area contributed by atoms with Gasteiger partial charge in [0.05, 0.1) is 13.5 Å². The molecular formula is C12H18ClN3O2S. The lowest BCUT2D eigenvalue weighted by Gasteiger charge is -2.34. The van der Waals surface area contributed by atoms with E-state index in [9.17, 15) is 4.79 Å². The molecule has 1 aliphatic rings. The second-order valence-electron chi connectivity index (χ2n) is 4.52. The van der Waals surface area contributed by atoms with Crippen molar-refractivity contribution in [3.05, 3.63) is 15.5 Å². The first-order valence-corrected chi connectivity index (χ1v) is 7.48. The van der Waals surface area contributed by atoms with Gasteiger partial charge in [-0.1, -0.05) is 11.6 Å². The van der Waals surface area contributed by atoms with Crippen molar-refractivity contribution in [1.29, 1.82) is 0 Å². The van der Waals surface area contributed by atoms with Crippen molar-refractivity contribution in [2.24, 2.45) is 0 Å². The Balaban J connectivity index is 1.69. The molecule has 0 saturated carbocycles. The normalized spacial score (nSPS) is 17.6. The third-order valence-electron chi connectivity index (χ3n) is 3.23. The third-order valence-corrected chi connectivity index (χ3v) is 4.33. The molecule has 1 aromatic rings. The first-order chi connectivity index (χ1) is 9.17. The Morgan fingerprint density at radius 3 is 2.68 bits per heavy atom. The van der Waals surface area contributed by atoms with Crippen LogP contribution in [0.15, 0.2) is 6.20 Å². The van der Waals surface area contributed by atoms with Crippen molar-refractivity contribution in [3.63, 3.8) is 0 Å². The molecule has 1 aromatic heterocycles. The standard InChI is InChI=1S/C12H18ClN3O2S/c1-18-11(17)2-3-15-4-6-16(7-5-15)9-10-8-14-12(13)19-10/h8H,2-7,9H2,1H3. The van der Waals surface area contributed by atoms with Crippen LogP contribution in [0.2, 0.25) is 4.47 Å². The summed E-state index contributed by atoms with van der Waals surface area (Å²) in [6.45, 7) is 5.70. The molecule has 0 aromatic carbocycles. The lowest BCUT2D eigenvalue weighted by Crippen LogP contribution is -2.46. The minimum Gasteiger partial charge on any atom is -0.469 e. The summed E-state index contributed by atoms with van der Waals surface area (Å²) in [6, 6.07) is 0. The summed E-state index contributed by atoms with van der Waals surface area (Å²) in [5.74, 6) is -0.137. The molecule has 0 N–H and O–H groups in total. The SMILES string of the molecule is COC(=O)CCN1CCN(Cc2cnc(Cl)s2)CC1. The zero-order valence-corrected chi connectivity index (χ0v) is 12.5. The number of ether oxygens (including phenoxy) is 1. The summed E-state index contributed by atoms with van der Waals surface area (Å²) in [6.07, 6.45) is 2.32. The fourth-order valence-electron chi connectivity index (χ4n) is 2.10. The van der Waals surface area contributed by atoms with E-state index >= 15 is 0 Å². The summed E-state index contributed by atoms with van der Waals surface area (Å²) in [5.41, 5.74) is 0. The Kier molecular flexibility index (Phi) is 5.57. The van der Waals surface area contributed by atoms with Crippen LogP contribution in [0.3, 0.4) is 0 Å². The molecule has 7 heteroatoms. The maximum Gasteiger partial charge on any atom is 0.306 e. The molecule has 0 amide bonds. The van der Waals surface area contributed by atoms with E-state index in [1.54, 1.807) is 0 Å². The number of thiazole rings is 1. The van der Waals surface area contributed by atoms with Crippen LogP contribution in [0.25, 0.3) is 0 Å². The molecule has 0 aliphatic carbocycles. The Morgan fingerprint density at radius 1 is 1.42 bits per heavy atom. The van der Waals surface area contributed by atoms with E-state index in [2.05, 4.69) is 19.5 Å². The van der Waals surface area contributed by atoms with Crippen molar-refractivity contribution < 1.29 is 9.53 Å². The highest BCUT2D eigenvalue weighted by molar-refractivity contribution is 7.15. The molecule has 2 heterocycles. The molecule has 1 fully saturated rings. The van der Waals surface area contributed by atoms with Gasteiger partial charge < -0.3 is 9.64 Å². The van der Waals surface area contributed by atoms with Gasteiger partial charge in [0.2, 0.25) is 0 Å². The molecule has 5 nitrogen and oxygen atoms in total. The maximum absolute atomic E-state index is 11.1. The number of esters is 1. The highest BCUT2D eigenvalue weighted by Crippen LogP contribution is 2.19. The highest BCUT2D eigenvalue weighted by Gasteiger charge is 2.18. The predicted octanol–water partition coefficient (Wildman–Crippen LogP) is 1.48. The molecule has 0 unspecified atom stereocenters. The summed E-state index contributed by atoms with van der Waals surface area (Å²) < 4.78 is 5.25. The van der Waals surface area contributed by atoms with Gasteiger partial charge in [-0.25, -0.2) is 4.98 Å². The number of nitrogens with zero attached hydrogens (tertiary/aromatic N) is 3. The second-order valence-corrected chi connectivity index (χ2v) is 6.22. The number of rotatable bonds is 5.